The van der Waals surface area contributed by atoms with Gasteiger partial charge in [-0.25, -0.2) is 4.98 Å². The minimum absolute atomic E-state index is 0.519. The molecule has 0 saturated carbocycles. The lowest BCUT2D eigenvalue weighted by Crippen LogP contribution is -2.15. The molecule has 2 aromatic rings. The molecule has 0 aliphatic carbocycles. The van der Waals surface area contributed by atoms with Crippen molar-refractivity contribution in [2.24, 2.45) is 7.05 Å². The molecule has 0 aliphatic heterocycles. The van der Waals surface area contributed by atoms with Crippen LogP contribution < -0.4 is 10.1 Å². The Balaban J connectivity index is 2.07. The third kappa shape index (κ3) is 3.94. The van der Waals surface area contributed by atoms with Crippen molar-refractivity contribution in [2.45, 2.75) is 19.9 Å². The van der Waals surface area contributed by atoms with Gasteiger partial charge in [-0.1, -0.05) is 18.5 Å². The maximum atomic E-state index is 6.11. The van der Waals surface area contributed by atoms with E-state index in [-0.39, 0.29) is 0 Å². The summed E-state index contributed by atoms with van der Waals surface area (Å²) in [5.74, 6) is 1.18. The van der Waals surface area contributed by atoms with Crippen molar-refractivity contribution in [2.75, 3.05) is 6.54 Å². The fraction of sp³-hybridized carbons (Fsp3) is 0.385. The molecular weight excluding hydrogens is 264 g/mol. The van der Waals surface area contributed by atoms with Gasteiger partial charge in [0, 0.05) is 19.7 Å². The topological polar surface area (TPSA) is 52.0 Å². The van der Waals surface area contributed by atoms with Gasteiger partial charge in [-0.3, -0.25) is 4.68 Å². The van der Waals surface area contributed by atoms with E-state index in [9.17, 15) is 0 Å². The summed E-state index contributed by atoms with van der Waals surface area (Å²) in [5, 5.41) is 7.95. The molecule has 0 radical (unpaired) electrons. The van der Waals surface area contributed by atoms with Gasteiger partial charge in [-0.2, -0.15) is 5.10 Å². The largest absolute Gasteiger partial charge is 0.436 e. The first-order valence-electron chi connectivity index (χ1n) is 6.21. The van der Waals surface area contributed by atoms with Crippen LogP contribution in [0.4, 0.5) is 0 Å². The van der Waals surface area contributed by atoms with Gasteiger partial charge >= 0.3 is 0 Å². The first-order chi connectivity index (χ1) is 9.19. The Labute approximate surface area is 117 Å². The Morgan fingerprint density at radius 3 is 2.95 bits per heavy atom. The highest BCUT2D eigenvalue weighted by atomic mass is 35.5. The van der Waals surface area contributed by atoms with Gasteiger partial charge in [-0.15, -0.1) is 0 Å². The van der Waals surface area contributed by atoms with Gasteiger partial charge in [0.15, 0.2) is 5.75 Å². The molecule has 102 valence electrons. The molecule has 0 fully saturated rings. The average Bonchev–Trinajstić information content (AvgIpc) is 2.79. The highest BCUT2D eigenvalue weighted by Crippen LogP contribution is 2.22. The highest BCUT2D eigenvalue weighted by molar-refractivity contribution is 6.31. The summed E-state index contributed by atoms with van der Waals surface area (Å²) in [7, 11) is 1.84. The van der Waals surface area contributed by atoms with E-state index in [4.69, 9.17) is 16.3 Å². The second-order valence-electron chi connectivity index (χ2n) is 4.21. The maximum Gasteiger partial charge on any atom is 0.219 e. The van der Waals surface area contributed by atoms with Gasteiger partial charge in [0.05, 0.1) is 23.1 Å². The van der Waals surface area contributed by atoms with Crippen molar-refractivity contribution in [1.29, 1.82) is 0 Å². The Kier molecular flexibility index (Phi) is 4.76. The summed E-state index contributed by atoms with van der Waals surface area (Å²) in [6.45, 7) is 3.69. The number of aromatic nitrogens is 3. The summed E-state index contributed by atoms with van der Waals surface area (Å²) in [4.78, 5) is 4.39. The summed E-state index contributed by atoms with van der Waals surface area (Å²) in [6.07, 6.45) is 4.50. The van der Waals surface area contributed by atoms with Crippen LogP contribution in [-0.4, -0.2) is 21.3 Å². The minimum atomic E-state index is 0.519. The molecular formula is C13H17ClN4O. The third-order valence-electron chi connectivity index (χ3n) is 2.52. The number of pyridine rings is 1. The predicted molar refractivity (Wildman–Crippen MR) is 74.5 cm³/mol. The molecule has 0 unspecified atom stereocenters. The monoisotopic (exact) mass is 280 g/mol. The Morgan fingerprint density at radius 2 is 2.26 bits per heavy atom. The van der Waals surface area contributed by atoms with Crippen LogP contribution in [0.25, 0.3) is 0 Å². The van der Waals surface area contributed by atoms with Gasteiger partial charge < -0.3 is 10.1 Å². The average molecular weight is 281 g/mol. The molecule has 0 spiro atoms. The van der Waals surface area contributed by atoms with Gasteiger partial charge in [0.1, 0.15) is 0 Å². The molecule has 0 bridgehead atoms. The molecule has 5 nitrogen and oxygen atoms in total. The number of halogens is 1. The van der Waals surface area contributed by atoms with Crippen molar-refractivity contribution in [3.63, 3.8) is 0 Å². The zero-order valence-electron chi connectivity index (χ0n) is 11.1. The van der Waals surface area contributed by atoms with Gasteiger partial charge in [0.25, 0.3) is 0 Å². The first kappa shape index (κ1) is 13.8. The van der Waals surface area contributed by atoms with E-state index in [2.05, 4.69) is 22.3 Å². The van der Waals surface area contributed by atoms with Crippen LogP contribution in [0.15, 0.2) is 24.5 Å². The SMILES string of the molecule is CCCNCc1nc(Oc2cnn(C)c2)ccc1Cl. The molecule has 6 heteroatoms. The molecule has 0 atom stereocenters. The number of aryl methyl sites for hydroxylation is 1. The Hall–Kier alpha value is -1.59. The van der Waals surface area contributed by atoms with E-state index in [0.29, 0.717) is 23.2 Å². The predicted octanol–water partition coefficient (Wildman–Crippen LogP) is 2.76. The van der Waals surface area contributed by atoms with Crippen molar-refractivity contribution in [3.05, 3.63) is 35.2 Å². The molecule has 0 amide bonds. The standard InChI is InChI=1S/C13H17ClN4O/c1-3-6-15-8-12-11(14)4-5-13(17-12)19-10-7-16-18(2)9-10/h4-5,7,9,15H,3,6,8H2,1-2H3. The summed E-state index contributed by atoms with van der Waals surface area (Å²) in [5.41, 5.74) is 0.788. The normalized spacial score (nSPS) is 10.7. The first-order valence-corrected chi connectivity index (χ1v) is 6.59. The second kappa shape index (κ2) is 6.54. The zero-order chi connectivity index (χ0) is 13.7. The van der Waals surface area contributed by atoms with E-state index < -0.39 is 0 Å². The fourth-order valence-electron chi connectivity index (χ4n) is 1.60. The van der Waals surface area contributed by atoms with Crippen LogP contribution in [0.1, 0.15) is 19.0 Å². The summed E-state index contributed by atoms with van der Waals surface area (Å²) < 4.78 is 7.30. The van der Waals surface area contributed by atoms with Crippen molar-refractivity contribution < 1.29 is 4.74 Å². The minimum Gasteiger partial charge on any atom is -0.436 e. The van der Waals surface area contributed by atoms with Gasteiger partial charge in [-0.05, 0) is 19.0 Å². The molecule has 1 N–H and O–H groups in total. The number of rotatable bonds is 6. The third-order valence-corrected chi connectivity index (χ3v) is 2.86. The number of nitrogens with one attached hydrogen (secondary N) is 1. The van der Waals surface area contributed by atoms with Gasteiger partial charge in [0.2, 0.25) is 5.88 Å². The molecule has 2 heterocycles. The molecule has 2 aromatic heterocycles. The number of nitrogens with zero attached hydrogens (tertiary/aromatic N) is 3. The highest BCUT2D eigenvalue weighted by Gasteiger charge is 2.06. The molecule has 0 aromatic carbocycles. The van der Waals surface area contributed by atoms with Crippen LogP contribution in [0.2, 0.25) is 5.02 Å². The molecule has 0 aliphatic rings. The van der Waals surface area contributed by atoms with E-state index in [1.54, 1.807) is 29.2 Å². The van der Waals surface area contributed by atoms with E-state index in [1.807, 2.05) is 7.05 Å². The fourth-order valence-corrected chi connectivity index (χ4v) is 1.77. The van der Waals surface area contributed by atoms with Crippen LogP contribution in [0, 0.1) is 0 Å². The lowest BCUT2D eigenvalue weighted by molar-refractivity contribution is 0.459. The maximum absolute atomic E-state index is 6.11. The summed E-state index contributed by atoms with van der Waals surface area (Å²) >= 11 is 6.11. The van der Waals surface area contributed by atoms with E-state index in [0.717, 1.165) is 18.7 Å². The number of ether oxygens (including phenoxy) is 1. The second-order valence-corrected chi connectivity index (χ2v) is 4.61. The van der Waals surface area contributed by atoms with E-state index >= 15 is 0 Å². The van der Waals surface area contributed by atoms with Crippen molar-refractivity contribution in [1.82, 2.24) is 20.1 Å². The number of hydrogen-bond acceptors (Lipinski definition) is 4. The molecule has 2 rings (SSSR count). The molecule has 19 heavy (non-hydrogen) atoms. The Bertz CT molecular complexity index is 541. The van der Waals surface area contributed by atoms with Crippen molar-refractivity contribution in [3.8, 4) is 11.6 Å². The van der Waals surface area contributed by atoms with Crippen LogP contribution >= 0.6 is 11.6 Å². The quantitative estimate of drug-likeness (QED) is 0.827. The van der Waals surface area contributed by atoms with Crippen LogP contribution in [0.5, 0.6) is 11.6 Å². The number of hydrogen-bond donors (Lipinski definition) is 1. The zero-order valence-corrected chi connectivity index (χ0v) is 11.8. The summed E-state index contributed by atoms with van der Waals surface area (Å²) in [6, 6.07) is 3.54. The van der Waals surface area contributed by atoms with E-state index in [1.165, 1.54) is 0 Å². The van der Waals surface area contributed by atoms with Crippen LogP contribution in [-0.2, 0) is 13.6 Å². The Morgan fingerprint density at radius 1 is 1.42 bits per heavy atom. The smallest absolute Gasteiger partial charge is 0.219 e. The lowest BCUT2D eigenvalue weighted by Gasteiger charge is -2.07. The lowest BCUT2D eigenvalue weighted by atomic mass is 10.3. The van der Waals surface area contributed by atoms with Crippen LogP contribution in [0.3, 0.4) is 0 Å². The van der Waals surface area contributed by atoms with Crippen molar-refractivity contribution >= 4 is 11.6 Å². The molecule has 0 saturated heterocycles.